The molecule has 0 amide bonds. The van der Waals surface area contributed by atoms with Gasteiger partial charge in [-0.15, -0.1) is 0 Å². The molecule has 58 valence electrons. The van der Waals surface area contributed by atoms with Gasteiger partial charge in [0.1, 0.15) is 0 Å². The molecule has 0 unspecified atom stereocenters. The van der Waals surface area contributed by atoms with E-state index in [1.165, 1.54) is 12.8 Å². The second-order valence-corrected chi connectivity index (χ2v) is 3.09. The van der Waals surface area contributed by atoms with E-state index in [0.717, 1.165) is 12.5 Å². The first-order valence-electron chi connectivity index (χ1n) is 4.25. The maximum Gasteiger partial charge on any atom is 0.0253 e. The summed E-state index contributed by atoms with van der Waals surface area (Å²) in [6.07, 6.45) is 8.35. The summed E-state index contributed by atoms with van der Waals surface area (Å²) in [5, 5.41) is 3.50. The zero-order chi connectivity index (χ0) is 7.40. The molecule has 0 spiro atoms. The van der Waals surface area contributed by atoms with Crippen molar-refractivity contribution in [3.8, 4) is 0 Å². The van der Waals surface area contributed by atoms with Crippen LogP contribution in [0.5, 0.6) is 0 Å². The quantitative estimate of drug-likeness (QED) is 0.578. The predicted molar refractivity (Wildman–Crippen MR) is 45.1 cm³/mol. The van der Waals surface area contributed by atoms with Crippen LogP contribution in [0.1, 0.15) is 33.1 Å². The Morgan fingerprint density at radius 3 is 2.80 bits per heavy atom. The maximum absolute atomic E-state index is 3.50. The van der Waals surface area contributed by atoms with E-state index >= 15 is 0 Å². The fourth-order valence-corrected chi connectivity index (χ4v) is 1.41. The lowest BCUT2D eigenvalue weighted by Gasteiger charge is -2.04. The zero-order valence-electron chi connectivity index (χ0n) is 6.93. The molecule has 1 N–H and O–H groups in total. The van der Waals surface area contributed by atoms with E-state index < -0.39 is 0 Å². The van der Waals surface area contributed by atoms with Crippen molar-refractivity contribution >= 4 is 0 Å². The van der Waals surface area contributed by atoms with E-state index in [-0.39, 0.29) is 0 Å². The molecule has 0 aromatic rings. The van der Waals surface area contributed by atoms with Crippen molar-refractivity contribution in [2.45, 2.75) is 45.2 Å². The molecule has 10 heavy (non-hydrogen) atoms. The average molecular weight is 139 g/mol. The van der Waals surface area contributed by atoms with Crippen LogP contribution in [0.25, 0.3) is 0 Å². The Balaban J connectivity index is 2.24. The summed E-state index contributed by atoms with van der Waals surface area (Å²) < 4.78 is 0. The molecular formula is C9H17N. The minimum atomic E-state index is 0.662. The Bertz CT molecular complexity index is 118. The molecule has 1 heterocycles. The normalized spacial score (nSPS) is 33.8. The molecule has 2 atom stereocenters. The second kappa shape index (κ2) is 3.77. The summed E-state index contributed by atoms with van der Waals surface area (Å²) in [5.41, 5.74) is 0. The fourth-order valence-electron chi connectivity index (χ4n) is 1.41. The van der Waals surface area contributed by atoms with E-state index in [1.54, 1.807) is 0 Å². The van der Waals surface area contributed by atoms with Crippen molar-refractivity contribution in [2.24, 2.45) is 0 Å². The lowest BCUT2D eigenvalue weighted by Crippen LogP contribution is -2.24. The first kappa shape index (κ1) is 7.80. The van der Waals surface area contributed by atoms with Gasteiger partial charge >= 0.3 is 0 Å². The summed E-state index contributed by atoms with van der Waals surface area (Å²) >= 11 is 0. The summed E-state index contributed by atoms with van der Waals surface area (Å²) in [6.45, 7) is 4.43. The highest BCUT2D eigenvalue weighted by molar-refractivity contribution is 4.97. The van der Waals surface area contributed by atoms with Crippen LogP contribution in [0.3, 0.4) is 0 Å². The van der Waals surface area contributed by atoms with Gasteiger partial charge in [0.25, 0.3) is 0 Å². The van der Waals surface area contributed by atoms with Gasteiger partial charge in [0, 0.05) is 12.1 Å². The third-order valence-corrected chi connectivity index (χ3v) is 2.01. The second-order valence-electron chi connectivity index (χ2n) is 3.09. The highest BCUT2D eigenvalue weighted by atomic mass is 15.0. The highest BCUT2D eigenvalue weighted by Crippen LogP contribution is 2.12. The van der Waals surface area contributed by atoms with E-state index in [4.69, 9.17) is 0 Å². The Hall–Kier alpha value is -0.300. The van der Waals surface area contributed by atoms with E-state index in [0.29, 0.717) is 6.04 Å². The average Bonchev–Trinajstić information content (AvgIpc) is 2.31. The Morgan fingerprint density at radius 2 is 2.30 bits per heavy atom. The van der Waals surface area contributed by atoms with Gasteiger partial charge in [-0.3, -0.25) is 0 Å². The molecule has 1 heteroatoms. The molecule has 0 radical (unpaired) electrons. The van der Waals surface area contributed by atoms with E-state index in [9.17, 15) is 0 Å². The molecule has 1 rings (SSSR count). The first-order valence-corrected chi connectivity index (χ1v) is 4.25. The Morgan fingerprint density at radius 1 is 1.50 bits per heavy atom. The van der Waals surface area contributed by atoms with Gasteiger partial charge in [0.2, 0.25) is 0 Å². The Labute approximate surface area is 63.5 Å². The summed E-state index contributed by atoms with van der Waals surface area (Å²) in [4.78, 5) is 0. The molecule has 1 fully saturated rings. The van der Waals surface area contributed by atoms with Crippen LogP contribution >= 0.6 is 0 Å². The molecule has 1 aliphatic heterocycles. The van der Waals surface area contributed by atoms with Crippen molar-refractivity contribution in [3.05, 3.63) is 12.2 Å². The SMILES string of the molecule is CC/C=C/[C@@H]1CC[C@@H](C)N1. The van der Waals surface area contributed by atoms with Gasteiger partial charge < -0.3 is 5.32 Å². The predicted octanol–water partition coefficient (Wildman–Crippen LogP) is 2.09. The van der Waals surface area contributed by atoms with E-state index in [1.807, 2.05) is 0 Å². The molecule has 0 saturated carbocycles. The van der Waals surface area contributed by atoms with Crippen LogP contribution in [0.4, 0.5) is 0 Å². The maximum atomic E-state index is 3.50. The number of hydrogen-bond donors (Lipinski definition) is 1. The standard InChI is InChI=1S/C9H17N/c1-3-4-5-9-7-6-8(2)10-9/h4-5,8-10H,3,6-7H2,1-2H3/b5-4+/t8-,9-/m1/s1. The van der Waals surface area contributed by atoms with Crippen LogP contribution < -0.4 is 5.32 Å². The topological polar surface area (TPSA) is 12.0 Å². The van der Waals surface area contributed by atoms with Gasteiger partial charge in [-0.05, 0) is 26.2 Å². The molecule has 1 nitrogen and oxygen atoms in total. The zero-order valence-corrected chi connectivity index (χ0v) is 6.93. The van der Waals surface area contributed by atoms with Crippen LogP contribution in [-0.4, -0.2) is 12.1 Å². The molecule has 1 aliphatic rings. The third-order valence-electron chi connectivity index (χ3n) is 2.01. The smallest absolute Gasteiger partial charge is 0.0253 e. The first-order chi connectivity index (χ1) is 4.83. The van der Waals surface area contributed by atoms with E-state index in [2.05, 4.69) is 31.3 Å². The summed E-state index contributed by atoms with van der Waals surface area (Å²) in [7, 11) is 0. The highest BCUT2D eigenvalue weighted by Gasteiger charge is 2.16. The van der Waals surface area contributed by atoms with Crippen molar-refractivity contribution < 1.29 is 0 Å². The number of rotatable bonds is 2. The summed E-state index contributed by atoms with van der Waals surface area (Å²) in [5.74, 6) is 0. The van der Waals surface area contributed by atoms with Crippen LogP contribution in [0.2, 0.25) is 0 Å². The van der Waals surface area contributed by atoms with Crippen molar-refractivity contribution in [1.82, 2.24) is 5.32 Å². The van der Waals surface area contributed by atoms with Crippen LogP contribution in [-0.2, 0) is 0 Å². The molecular weight excluding hydrogens is 122 g/mol. The monoisotopic (exact) mass is 139 g/mol. The molecule has 0 aliphatic carbocycles. The summed E-state index contributed by atoms with van der Waals surface area (Å²) in [6, 6.07) is 1.39. The van der Waals surface area contributed by atoms with Crippen molar-refractivity contribution in [3.63, 3.8) is 0 Å². The largest absolute Gasteiger partial charge is 0.308 e. The van der Waals surface area contributed by atoms with Crippen LogP contribution in [0, 0.1) is 0 Å². The minimum Gasteiger partial charge on any atom is -0.308 e. The lowest BCUT2D eigenvalue weighted by atomic mass is 10.2. The number of hydrogen-bond acceptors (Lipinski definition) is 1. The number of nitrogens with one attached hydrogen (secondary N) is 1. The molecule has 1 saturated heterocycles. The van der Waals surface area contributed by atoms with Gasteiger partial charge in [-0.25, -0.2) is 0 Å². The van der Waals surface area contributed by atoms with Gasteiger partial charge in [-0.1, -0.05) is 19.1 Å². The van der Waals surface area contributed by atoms with Gasteiger partial charge in [-0.2, -0.15) is 0 Å². The minimum absolute atomic E-state index is 0.662. The van der Waals surface area contributed by atoms with Crippen molar-refractivity contribution in [1.29, 1.82) is 0 Å². The molecule has 0 bridgehead atoms. The Kier molecular flexibility index (Phi) is 2.94. The van der Waals surface area contributed by atoms with Gasteiger partial charge in [0.05, 0.1) is 0 Å². The lowest BCUT2D eigenvalue weighted by molar-refractivity contribution is 0.626. The van der Waals surface area contributed by atoms with Crippen molar-refractivity contribution in [2.75, 3.05) is 0 Å². The molecule has 0 aromatic heterocycles. The fraction of sp³-hybridized carbons (Fsp3) is 0.778. The van der Waals surface area contributed by atoms with Crippen LogP contribution in [0.15, 0.2) is 12.2 Å². The van der Waals surface area contributed by atoms with Gasteiger partial charge in [0.15, 0.2) is 0 Å². The molecule has 0 aromatic carbocycles. The number of allylic oxidation sites excluding steroid dienone is 1. The third kappa shape index (κ3) is 2.14.